The molecule has 0 unspecified atom stereocenters. The minimum atomic E-state index is -0.0607. The van der Waals surface area contributed by atoms with E-state index in [-0.39, 0.29) is 12.1 Å². The number of urea groups is 1. The average Bonchev–Trinajstić information content (AvgIpc) is 3.25. The Morgan fingerprint density at radius 3 is 3.00 bits per heavy atom. The Bertz CT molecular complexity index is 661. The van der Waals surface area contributed by atoms with Gasteiger partial charge in [-0.15, -0.1) is 0 Å². The van der Waals surface area contributed by atoms with Crippen LogP contribution in [0.1, 0.15) is 18.5 Å². The summed E-state index contributed by atoms with van der Waals surface area (Å²) in [5, 5.41) is 2.99. The Balaban J connectivity index is 1.57. The van der Waals surface area contributed by atoms with E-state index in [4.69, 9.17) is 4.74 Å². The monoisotopic (exact) mass is 345 g/mol. The van der Waals surface area contributed by atoms with Gasteiger partial charge in [-0.2, -0.15) is 0 Å². The first-order valence-corrected chi connectivity index (χ1v) is 8.83. The van der Waals surface area contributed by atoms with Crippen molar-refractivity contribution in [3.8, 4) is 0 Å². The summed E-state index contributed by atoms with van der Waals surface area (Å²) in [7, 11) is 4.03. The zero-order valence-corrected chi connectivity index (χ0v) is 15.0. The van der Waals surface area contributed by atoms with Crippen LogP contribution >= 0.6 is 0 Å². The summed E-state index contributed by atoms with van der Waals surface area (Å²) in [5.74, 6) is 0. The third-order valence-corrected chi connectivity index (χ3v) is 4.39. The molecular formula is C18H27N5O2. The van der Waals surface area contributed by atoms with E-state index < -0.39 is 0 Å². The van der Waals surface area contributed by atoms with E-state index in [0.29, 0.717) is 19.6 Å². The number of carbonyl (C=O) groups excluding carboxylic acids is 1. The fraction of sp³-hybridized carbons (Fsp3) is 0.556. The number of amides is 2. The topological polar surface area (TPSA) is 62.1 Å². The Morgan fingerprint density at radius 2 is 2.28 bits per heavy atom. The fourth-order valence-electron chi connectivity index (χ4n) is 2.98. The van der Waals surface area contributed by atoms with Crippen molar-refractivity contribution in [2.24, 2.45) is 0 Å². The third kappa shape index (κ3) is 4.93. The van der Waals surface area contributed by atoms with Crippen molar-refractivity contribution in [2.45, 2.75) is 25.5 Å². The summed E-state index contributed by atoms with van der Waals surface area (Å²) in [6, 6.07) is 5.80. The van der Waals surface area contributed by atoms with Crippen LogP contribution in [-0.4, -0.2) is 71.7 Å². The summed E-state index contributed by atoms with van der Waals surface area (Å²) in [5.41, 5.74) is 1.74. The Hall–Kier alpha value is -2.12. The zero-order valence-electron chi connectivity index (χ0n) is 15.0. The van der Waals surface area contributed by atoms with Gasteiger partial charge in [0.2, 0.25) is 0 Å². The van der Waals surface area contributed by atoms with Crippen LogP contribution in [0, 0.1) is 0 Å². The summed E-state index contributed by atoms with van der Waals surface area (Å²) < 4.78 is 7.65. The number of rotatable bonds is 7. The highest BCUT2D eigenvalue weighted by molar-refractivity contribution is 5.74. The summed E-state index contributed by atoms with van der Waals surface area (Å²) in [6.07, 6.45) is 6.16. The van der Waals surface area contributed by atoms with Crippen molar-refractivity contribution in [1.29, 1.82) is 0 Å². The number of likely N-dealkylation sites (N-methyl/N-ethyl adjacent to an activating group) is 1. The predicted octanol–water partition coefficient (Wildman–Crippen LogP) is 1.59. The lowest BCUT2D eigenvalue weighted by atomic mass is 10.2. The van der Waals surface area contributed by atoms with E-state index in [1.165, 1.54) is 0 Å². The molecule has 0 spiro atoms. The summed E-state index contributed by atoms with van der Waals surface area (Å²) >= 11 is 0. The van der Waals surface area contributed by atoms with Gasteiger partial charge in [-0.3, -0.25) is 0 Å². The number of fused-ring (bicyclic) bond motifs is 1. The normalized spacial score (nSPS) is 17.3. The Kier molecular flexibility index (Phi) is 5.88. The first kappa shape index (κ1) is 17.7. The second kappa shape index (κ2) is 8.31. The second-order valence-electron chi connectivity index (χ2n) is 6.74. The van der Waals surface area contributed by atoms with E-state index in [1.54, 1.807) is 0 Å². The molecule has 0 bridgehead atoms. The lowest BCUT2D eigenvalue weighted by Crippen LogP contribution is -2.46. The van der Waals surface area contributed by atoms with E-state index in [2.05, 4.69) is 15.2 Å². The van der Waals surface area contributed by atoms with Crippen LogP contribution in [0.2, 0.25) is 0 Å². The van der Waals surface area contributed by atoms with E-state index in [1.807, 2.05) is 54.0 Å². The van der Waals surface area contributed by atoms with Crippen LogP contribution in [0.25, 0.3) is 5.65 Å². The molecule has 3 heterocycles. The fourth-order valence-corrected chi connectivity index (χ4v) is 2.98. The van der Waals surface area contributed by atoms with E-state index >= 15 is 0 Å². The molecule has 1 saturated heterocycles. The maximum Gasteiger partial charge on any atom is 0.317 e. The smallest absolute Gasteiger partial charge is 0.317 e. The van der Waals surface area contributed by atoms with Crippen LogP contribution in [-0.2, 0) is 11.3 Å². The number of nitrogens with one attached hydrogen (secondary N) is 1. The lowest BCUT2D eigenvalue weighted by molar-refractivity contribution is 0.0795. The zero-order chi connectivity index (χ0) is 17.6. The van der Waals surface area contributed by atoms with Crippen molar-refractivity contribution >= 4 is 11.7 Å². The van der Waals surface area contributed by atoms with Crippen LogP contribution in [0.5, 0.6) is 0 Å². The largest absolute Gasteiger partial charge is 0.376 e. The molecule has 2 aromatic rings. The first-order chi connectivity index (χ1) is 12.1. The molecule has 1 atom stereocenters. The van der Waals surface area contributed by atoms with E-state index in [0.717, 1.165) is 37.3 Å². The number of pyridine rings is 1. The standard InChI is InChI=1S/C18H27N5O2/c1-21(2)9-10-23(14-16-6-5-11-25-16)18(24)19-12-15-13-22-8-4-3-7-17(22)20-15/h3-4,7-8,13,16H,5-6,9-12,14H2,1-2H3,(H,19,24)/t16-/m1/s1. The van der Waals surface area contributed by atoms with Crippen molar-refractivity contribution in [1.82, 2.24) is 24.5 Å². The van der Waals surface area contributed by atoms with Crippen LogP contribution in [0.15, 0.2) is 30.6 Å². The van der Waals surface area contributed by atoms with Gasteiger partial charge in [0, 0.05) is 38.6 Å². The van der Waals surface area contributed by atoms with Crippen molar-refractivity contribution < 1.29 is 9.53 Å². The van der Waals surface area contributed by atoms with Crippen LogP contribution < -0.4 is 5.32 Å². The molecule has 3 rings (SSSR count). The van der Waals surface area contributed by atoms with E-state index in [9.17, 15) is 4.79 Å². The highest BCUT2D eigenvalue weighted by Crippen LogP contribution is 2.13. The minimum Gasteiger partial charge on any atom is -0.376 e. The van der Waals surface area contributed by atoms with Crippen LogP contribution in [0.4, 0.5) is 4.79 Å². The summed E-state index contributed by atoms with van der Waals surface area (Å²) in [4.78, 5) is 21.1. The molecule has 2 aromatic heterocycles. The molecule has 0 aliphatic carbocycles. The van der Waals surface area contributed by atoms with Gasteiger partial charge >= 0.3 is 6.03 Å². The molecule has 1 aliphatic heterocycles. The highest BCUT2D eigenvalue weighted by Gasteiger charge is 2.22. The quantitative estimate of drug-likeness (QED) is 0.828. The molecule has 25 heavy (non-hydrogen) atoms. The maximum atomic E-state index is 12.6. The SMILES string of the molecule is CN(C)CCN(C[C@H]1CCCO1)C(=O)NCc1cn2ccccc2n1. The molecule has 136 valence electrons. The number of imidazole rings is 1. The van der Waals surface area contributed by atoms with Gasteiger partial charge in [0.15, 0.2) is 0 Å². The lowest BCUT2D eigenvalue weighted by Gasteiger charge is -2.27. The van der Waals surface area contributed by atoms with Crippen molar-refractivity contribution in [3.63, 3.8) is 0 Å². The molecule has 0 saturated carbocycles. The molecule has 7 nitrogen and oxygen atoms in total. The molecule has 1 fully saturated rings. The van der Waals surface area contributed by atoms with Gasteiger partial charge in [-0.05, 0) is 39.1 Å². The minimum absolute atomic E-state index is 0.0607. The molecule has 2 amide bonds. The number of hydrogen-bond donors (Lipinski definition) is 1. The van der Waals surface area contributed by atoms with Gasteiger partial charge in [0.05, 0.1) is 18.3 Å². The number of ether oxygens (including phenoxy) is 1. The molecule has 1 aliphatic rings. The molecule has 0 aromatic carbocycles. The molecular weight excluding hydrogens is 318 g/mol. The van der Waals surface area contributed by atoms with Gasteiger partial charge in [-0.1, -0.05) is 6.07 Å². The summed E-state index contributed by atoms with van der Waals surface area (Å²) in [6.45, 7) is 3.38. The van der Waals surface area contributed by atoms with Gasteiger partial charge in [0.1, 0.15) is 5.65 Å². The van der Waals surface area contributed by atoms with Gasteiger partial charge < -0.3 is 24.3 Å². The van der Waals surface area contributed by atoms with Crippen molar-refractivity contribution in [3.05, 3.63) is 36.3 Å². The Labute approximate surface area is 148 Å². The molecule has 7 heteroatoms. The highest BCUT2D eigenvalue weighted by atomic mass is 16.5. The van der Waals surface area contributed by atoms with Crippen molar-refractivity contribution in [2.75, 3.05) is 40.3 Å². The average molecular weight is 345 g/mol. The van der Waals surface area contributed by atoms with Gasteiger partial charge in [-0.25, -0.2) is 9.78 Å². The number of nitrogens with zero attached hydrogens (tertiary/aromatic N) is 4. The molecule has 0 radical (unpaired) electrons. The van der Waals surface area contributed by atoms with Gasteiger partial charge in [0.25, 0.3) is 0 Å². The number of carbonyl (C=O) groups is 1. The number of aromatic nitrogens is 2. The predicted molar refractivity (Wildman–Crippen MR) is 96.5 cm³/mol. The third-order valence-electron chi connectivity index (χ3n) is 4.39. The first-order valence-electron chi connectivity index (χ1n) is 8.83. The Morgan fingerprint density at radius 1 is 1.40 bits per heavy atom. The molecule has 1 N–H and O–H groups in total. The second-order valence-corrected chi connectivity index (χ2v) is 6.74. The number of hydrogen-bond acceptors (Lipinski definition) is 4. The van der Waals surface area contributed by atoms with Crippen LogP contribution in [0.3, 0.4) is 0 Å². The maximum absolute atomic E-state index is 12.6.